The highest BCUT2D eigenvalue weighted by Gasteiger charge is 2.41. The minimum absolute atomic E-state index is 0.137. The number of hydrogen-bond donors (Lipinski definition) is 1. The zero-order chi connectivity index (χ0) is 14.8. The molecule has 2 unspecified atom stereocenters. The van der Waals surface area contributed by atoms with Crippen molar-refractivity contribution < 1.29 is 9.53 Å². The molecule has 2 heterocycles. The number of thiocarbonyl (C=S) groups is 1. The third-order valence-electron chi connectivity index (χ3n) is 4.43. The van der Waals surface area contributed by atoms with Crippen LogP contribution < -0.4 is 5.73 Å². The van der Waals surface area contributed by atoms with Crippen molar-refractivity contribution in [2.45, 2.75) is 44.8 Å². The van der Waals surface area contributed by atoms with Crippen molar-refractivity contribution in [1.82, 2.24) is 9.80 Å². The molecule has 0 saturated carbocycles. The van der Waals surface area contributed by atoms with Gasteiger partial charge in [-0.3, -0.25) is 9.69 Å². The third kappa shape index (κ3) is 3.13. The van der Waals surface area contributed by atoms with E-state index in [0.29, 0.717) is 11.6 Å². The second kappa shape index (κ2) is 6.37. The van der Waals surface area contributed by atoms with Crippen molar-refractivity contribution in [2.75, 3.05) is 32.8 Å². The second-order valence-corrected chi connectivity index (χ2v) is 6.31. The van der Waals surface area contributed by atoms with Gasteiger partial charge in [0.2, 0.25) is 0 Å². The summed E-state index contributed by atoms with van der Waals surface area (Å²) < 4.78 is 5.64. The second-order valence-electron chi connectivity index (χ2n) is 5.84. The lowest BCUT2D eigenvalue weighted by molar-refractivity contribution is -0.152. The molecule has 2 saturated heterocycles. The summed E-state index contributed by atoms with van der Waals surface area (Å²) in [6.07, 6.45) is 2.72. The monoisotopic (exact) mass is 299 g/mol. The SMILES string of the molecule is CCC(C(N)=S)N1CCN(C(=O)C2(C)CCCO2)CC1. The Morgan fingerprint density at radius 2 is 2.05 bits per heavy atom. The molecule has 114 valence electrons. The standard InChI is InChI=1S/C14H25N3O2S/c1-3-11(12(15)20)16-6-8-17(9-7-16)13(18)14(2)5-4-10-19-14/h11H,3-10H2,1-2H3,(H2,15,20). The van der Waals surface area contributed by atoms with Crippen LogP contribution in [-0.4, -0.2) is 65.1 Å². The zero-order valence-electron chi connectivity index (χ0n) is 12.4. The first-order valence-electron chi connectivity index (χ1n) is 7.44. The summed E-state index contributed by atoms with van der Waals surface area (Å²) in [7, 11) is 0. The first-order valence-corrected chi connectivity index (χ1v) is 7.85. The van der Waals surface area contributed by atoms with Crippen LogP contribution in [0.3, 0.4) is 0 Å². The van der Waals surface area contributed by atoms with E-state index in [0.717, 1.165) is 45.4 Å². The zero-order valence-corrected chi connectivity index (χ0v) is 13.2. The molecule has 2 aliphatic rings. The van der Waals surface area contributed by atoms with Crippen molar-refractivity contribution >= 4 is 23.1 Å². The molecule has 2 aliphatic heterocycles. The van der Waals surface area contributed by atoms with Crippen molar-refractivity contribution in [3.8, 4) is 0 Å². The Labute approximate surface area is 126 Å². The van der Waals surface area contributed by atoms with Gasteiger partial charge in [-0.25, -0.2) is 0 Å². The van der Waals surface area contributed by atoms with Crippen molar-refractivity contribution in [3.05, 3.63) is 0 Å². The highest BCUT2D eigenvalue weighted by Crippen LogP contribution is 2.27. The van der Waals surface area contributed by atoms with E-state index in [1.807, 2.05) is 11.8 Å². The Balaban J connectivity index is 1.91. The first kappa shape index (κ1) is 15.7. The Hall–Kier alpha value is -0.720. The Bertz CT molecular complexity index is 375. The first-order chi connectivity index (χ1) is 9.48. The van der Waals surface area contributed by atoms with Gasteiger partial charge in [0.25, 0.3) is 5.91 Å². The van der Waals surface area contributed by atoms with E-state index in [-0.39, 0.29) is 11.9 Å². The maximum absolute atomic E-state index is 12.5. The van der Waals surface area contributed by atoms with Gasteiger partial charge in [-0.05, 0) is 26.2 Å². The van der Waals surface area contributed by atoms with Gasteiger partial charge >= 0.3 is 0 Å². The van der Waals surface area contributed by atoms with Crippen LogP contribution in [0, 0.1) is 0 Å². The lowest BCUT2D eigenvalue weighted by Gasteiger charge is -2.40. The summed E-state index contributed by atoms with van der Waals surface area (Å²) in [5.41, 5.74) is 5.18. The molecule has 5 nitrogen and oxygen atoms in total. The van der Waals surface area contributed by atoms with E-state index in [2.05, 4.69) is 11.8 Å². The molecule has 0 aromatic heterocycles. The summed E-state index contributed by atoms with van der Waals surface area (Å²) in [6, 6.07) is 0.153. The van der Waals surface area contributed by atoms with Gasteiger partial charge in [0.15, 0.2) is 0 Å². The molecule has 1 amide bonds. The van der Waals surface area contributed by atoms with E-state index in [4.69, 9.17) is 22.7 Å². The van der Waals surface area contributed by atoms with Crippen LogP contribution in [0.25, 0.3) is 0 Å². The summed E-state index contributed by atoms with van der Waals surface area (Å²) in [4.78, 5) is 17.3. The van der Waals surface area contributed by atoms with Gasteiger partial charge < -0.3 is 15.4 Å². The molecule has 0 spiro atoms. The van der Waals surface area contributed by atoms with Crippen LogP contribution in [0.15, 0.2) is 0 Å². The average molecular weight is 299 g/mol. The number of carbonyl (C=O) groups excluding carboxylic acids is 1. The molecule has 0 radical (unpaired) electrons. The lowest BCUT2D eigenvalue weighted by Crippen LogP contribution is -2.58. The summed E-state index contributed by atoms with van der Waals surface area (Å²) in [5.74, 6) is 0.137. The molecule has 0 aromatic carbocycles. The van der Waals surface area contributed by atoms with Crippen LogP contribution in [0.4, 0.5) is 0 Å². The largest absolute Gasteiger partial charge is 0.392 e. The summed E-state index contributed by atoms with van der Waals surface area (Å²) >= 11 is 5.12. The summed E-state index contributed by atoms with van der Waals surface area (Å²) in [6.45, 7) is 7.83. The molecule has 2 N–H and O–H groups in total. The molecule has 6 heteroatoms. The van der Waals surface area contributed by atoms with Gasteiger partial charge in [-0.15, -0.1) is 0 Å². The lowest BCUT2D eigenvalue weighted by atomic mass is 10.0. The minimum atomic E-state index is -0.602. The molecule has 2 atom stereocenters. The number of piperazine rings is 1. The maximum atomic E-state index is 12.5. The van der Waals surface area contributed by atoms with E-state index in [9.17, 15) is 4.79 Å². The van der Waals surface area contributed by atoms with E-state index in [1.165, 1.54) is 0 Å². The predicted octanol–water partition coefficient (Wildman–Crippen LogP) is 0.764. The average Bonchev–Trinajstić information content (AvgIpc) is 2.87. The van der Waals surface area contributed by atoms with Gasteiger partial charge in [0.05, 0.1) is 11.0 Å². The highest BCUT2D eigenvalue weighted by atomic mass is 32.1. The van der Waals surface area contributed by atoms with Crippen LogP contribution in [0.1, 0.15) is 33.1 Å². The topological polar surface area (TPSA) is 58.8 Å². The van der Waals surface area contributed by atoms with Crippen molar-refractivity contribution in [1.29, 1.82) is 0 Å². The van der Waals surface area contributed by atoms with Crippen LogP contribution in [0.5, 0.6) is 0 Å². The third-order valence-corrected chi connectivity index (χ3v) is 4.70. The number of nitrogens with zero attached hydrogens (tertiary/aromatic N) is 2. The minimum Gasteiger partial charge on any atom is -0.392 e. The van der Waals surface area contributed by atoms with Gasteiger partial charge in [0.1, 0.15) is 5.60 Å². The quantitative estimate of drug-likeness (QED) is 0.777. The molecular weight excluding hydrogens is 274 g/mol. The van der Waals surface area contributed by atoms with Crippen LogP contribution in [0.2, 0.25) is 0 Å². The van der Waals surface area contributed by atoms with Crippen LogP contribution in [-0.2, 0) is 9.53 Å². The number of rotatable bonds is 4. The maximum Gasteiger partial charge on any atom is 0.254 e. The summed E-state index contributed by atoms with van der Waals surface area (Å²) in [5, 5.41) is 0. The fourth-order valence-corrected chi connectivity index (χ4v) is 3.47. The fraction of sp³-hybridized carbons (Fsp3) is 0.857. The number of hydrogen-bond acceptors (Lipinski definition) is 4. The molecule has 2 fully saturated rings. The normalized spacial score (nSPS) is 29.4. The molecule has 2 rings (SSSR count). The van der Waals surface area contributed by atoms with Gasteiger partial charge in [-0.1, -0.05) is 19.1 Å². The Morgan fingerprint density at radius 1 is 1.40 bits per heavy atom. The fourth-order valence-electron chi connectivity index (χ4n) is 3.16. The smallest absolute Gasteiger partial charge is 0.254 e. The van der Waals surface area contributed by atoms with Gasteiger partial charge in [-0.2, -0.15) is 0 Å². The number of ether oxygens (including phenoxy) is 1. The molecule has 0 aromatic rings. The van der Waals surface area contributed by atoms with E-state index in [1.54, 1.807) is 0 Å². The van der Waals surface area contributed by atoms with Crippen molar-refractivity contribution in [2.24, 2.45) is 5.73 Å². The van der Waals surface area contributed by atoms with Crippen LogP contribution >= 0.6 is 12.2 Å². The highest BCUT2D eigenvalue weighted by molar-refractivity contribution is 7.80. The number of carbonyl (C=O) groups is 1. The number of amides is 1. The van der Waals surface area contributed by atoms with E-state index >= 15 is 0 Å². The molecule has 0 aliphatic carbocycles. The predicted molar refractivity (Wildman–Crippen MR) is 82.6 cm³/mol. The van der Waals surface area contributed by atoms with Gasteiger partial charge in [0, 0.05) is 32.8 Å². The Kier molecular flexibility index (Phi) is 4.99. The molecular formula is C14H25N3O2S. The van der Waals surface area contributed by atoms with Crippen molar-refractivity contribution in [3.63, 3.8) is 0 Å². The molecule has 20 heavy (non-hydrogen) atoms. The Morgan fingerprint density at radius 3 is 2.50 bits per heavy atom. The number of nitrogens with two attached hydrogens (primary N) is 1. The van der Waals surface area contributed by atoms with E-state index < -0.39 is 5.60 Å². The molecule has 0 bridgehead atoms.